The highest BCUT2D eigenvalue weighted by Crippen LogP contribution is 2.22. The zero-order chi connectivity index (χ0) is 23.4. The van der Waals surface area contributed by atoms with Gasteiger partial charge in [0.05, 0.1) is 25.4 Å². The molecule has 9 heteroatoms. The molecule has 1 aliphatic heterocycles. The molecule has 0 aliphatic carbocycles. The van der Waals surface area contributed by atoms with E-state index in [0.717, 1.165) is 16.0 Å². The minimum atomic E-state index is -0.418. The van der Waals surface area contributed by atoms with E-state index in [9.17, 15) is 14.4 Å². The minimum Gasteiger partial charge on any atom is -0.450 e. The third-order valence-electron chi connectivity index (χ3n) is 5.50. The summed E-state index contributed by atoms with van der Waals surface area (Å²) >= 11 is 1.56. The molecule has 0 unspecified atom stereocenters. The molecule has 3 heterocycles. The second-order valence-electron chi connectivity index (χ2n) is 7.84. The van der Waals surface area contributed by atoms with Crippen LogP contribution in [0.2, 0.25) is 0 Å². The number of carbonyl (C=O) groups is 2. The Balaban J connectivity index is 1.67. The molecular formula is C24H26N4O4S. The Morgan fingerprint density at radius 1 is 1.21 bits per heavy atom. The van der Waals surface area contributed by atoms with Crippen LogP contribution in [-0.2, 0) is 35.6 Å². The molecule has 33 heavy (non-hydrogen) atoms. The first kappa shape index (κ1) is 22.7. The summed E-state index contributed by atoms with van der Waals surface area (Å²) in [6.45, 7) is 4.88. The molecule has 0 fully saturated rings. The van der Waals surface area contributed by atoms with Crippen molar-refractivity contribution in [2.24, 2.45) is 0 Å². The topological polar surface area (TPSA) is 93.5 Å². The van der Waals surface area contributed by atoms with Crippen LogP contribution in [0, 0.1) is 6.92 Å². The van der Waals surface area contributed by atoms with Crippen molar-refractivity contribution in [3.8, 4) is 11.4 Å². The smallest absolute Gasteiger partial charge is 0.410 e. The normalized spacial score (nSPS) is 12.8. The highest BCUT2D eigenvalue weighted by atomic mass is 32.1. The van der Waals surface area contributed by atoms with Crippen LogP contribution < -0.4 is 10.9 Å². The van der Waals surface area contributed by atoms with Crippen LogP contribution in [0.1, 0.15) is 28.6 Å². The van der Waals surface area contributed by atoms with Crippen LogP contribution in [0.15, 0.2) is 46.6 Å². The van der Waals surface area contributed by atoms with Crippen molar-refractivity contribution >= 4 is 23.3 Å². The van der Waals surface area contributed by atoms with Crippen LogP contribution in [0.4, 0.5) is 4.79 Å². The lowest BCUT2D eigenvalue weighted by molar-refractivity contribution is -0.121. The van der Waals surface area contributed by atoms with Crippen molar-refractivity contribution in [3.05, 3.63) is 73.8 Å². The summed E-state index contributed by atoms with van der Waals surface area (Å²) in [5.41, 5.74) is 2.65. The van der Waals surface area contributed by atoms with E-state index in [4.69, 9.17) is 9.72 Å². The van der Waals surface area contributed by atoms with E-state index in [0.29, 0.717) is 36.6 Å². The maximum absolute atomic E-state index is 13.5. The number of rotatable bonds is 6. The van der Waals surface area contributed by atoms with Gasteiger partial charge >= 0.3 is 6.09 Å². The van der Waals surface area contributed by atoms with Gasteiger partial charge in [-0.25, -0.2) is 9.78 Å². The Morgan fingerprint density at radius 2 is 2.00 bits per heavy atom. The van der Waals surface area contributed by atoms with Gasteiger partial charge < -0.3 is 15.0 Å². The number of amides is 2. The first-order chi connectivity index (χ1) is 16.0. The van der Waals surface area contributed by atoms with Gasteiger partial charge in [0.2, 0.25) is 5.91 Å². The first-order valence-electron chi connectivity index (χ1n) is 10.9. The summed E-state index contributed by atoms with van der Waals surface area (Å²) < 4.78 is 6.55. The van der Waals surface area contributed by atoms with Crippen molar-refractivity contribution in [1.29, 1.82) is 0 Å². The zero-order valence-electron chi connectivity index (χ0n) is 18.7. The predicted octanol–water partition coefficient (Wildman–Crippen LogP) is 3.11. The van der Waals surface area contributed by atoms with Gasteiger partial charge in [-0.2, -0.15) is 0 Å². The van der Waals surface area contributed by atoms with Crippen molar-refractivity contribution in [2.75, 3.05) is 13.2 Å². The number of carbonyl (C=O) groups excluding carboxylic acids is 2. The fourth-order valence-electron chi connectivity index (χ4n) is 3.77. The number of ether oxygens (including phenoxy) is 1. The summed E-state index contributed by atoms with van der Waals surface area (Å²) in [6, 6.07) is 11.5. The highest BCUT2D eigenvalue weighted by Gasteiger charge is 2.27. The highest BCUT2D eigenvalue weighted by molar-refractivity contribution is 7.09. The molecule has 0 bridgehead atoms. The number of fused-ring (bicyclic) bond motifs is 1. The largest absolute Gasteiger partial charge is 0.450 e. The minimum absolute atomic E-state index is 0.130. The molecule has 4 rings (SSSR count). The summed E-state index contributed by atoms with van der Waals surface area (Å²) in [4.78, 5) is 45.7. The van der Waals surface area contributed by atoms with Crippen LogP contribution in [0.25, 0.3) is 11.4 Å². The van der Waals surface area contributed by atoms with E-state index < -0.39 is 6.09 Å². The number of thiophene rings is 1. The van der Waals surface area contributed by atoms with E-state index in [-0.39, 0.29) is 31.2 Å². The van der Waals surface area contributed by atoms with Crippen LogP contribution in [-0.4, -0.2) is 39.6 Å². The number of aromatic nitrogens is 2. The molecule has 2 amide bonds. The van der Waals surface area contributed by atoms with E-state index in [1.54, 1.807) is 23.2 Å². The van der Waals surface area contributed by atoms with E-state index in [2.05, 4.69) is 5.32 Å². The number of aryl methyl sites for hydroxylation is 1. The van der Waals surface area contributed by atoms with E-state index in [1.807, 2.05) is 48.7 Å². The van der Waals surface area contributed by atoms with Crippen molar-refractivity contribution in [1.82, 2.24) is 19.8 Å². The van der Waals surface area contributed by atoms with Gasteiger partial charge in [-0.05, 0) is 31.7 Å². The SMILES string of the molecule is CCOC(=O)N1CCc2c(nc(-c3ccc(C)cc3)n(CC(=O)NCc3cccs3)c2=O)C1. The second-order valence-corrected chi connectivity index (χ2v) is 8.88. The fourth-order valence-corrected chi connectivity index (χ4v) is 4.41. The lowest BCUT2D eigenvalue weighted by atomic mass is 10.1. The van der Waals surface area contributed by atoms with Gasteiger partial charge in [-0.15, -0.1) is 11.3 Å². The van der Waals surface area contributed by atoms with Gasteiger partial charge in [0.15, 0.2) is 0 Å². The molecule has 1 aromatic carbocycles. The second kappa shape index (κ2) is 9.99. The van der Waals surface area contributed by atoms with Crippen LogP contribution >= 0.6 is 11.3 Å². The third kappa shape index (κ3) is 5.14. The molecule has 3 aromatic rings. The molecule has 0 saturated heterocycles. The van der Waals surface area contributed by atoms with Crippen LogP contribution in [0.5, 0.6) is 0 Å². The molecule has 172 valence electrons. The third-order valence-corrected chi connectivity index (χ3v) is 6.37. The van der Waals surface area contributed by atoms with Crippen molar-refractivity contribution < 1.29 is 14.3 Å². The number of benzene rings is 1. The van der Waals surface area contributed by atoms with Gasteiger partial charge in [-0.3, -0.25) is 14.2 Å². The molecular weight excluding hydrogens is 440 g/mol. The average molecular weight is 467 g/mol. The van der Waals surface area contributed by atoms with Gasteiger partial charge in [0.25, 0.3) is 5.56 Å². The molecule has 0 atom stereocenters. The molecule has 0 saturated carbocycles. The quantitative estimate of drug-likeness (QED) is 0.603. The Hall–Kier alpha value is -3.46. The summed E-state index contributed by atoms with van der Waals surface area (Å²) in [6.07, 6.45) is -0.0516. The average Bonchev–Trinajstić information content (AvgIpc) is 3.34. The van der Waals surface area contributed by atoms with E-state index in [1.165, 1.54) is 4.57 Å². The maximum Gasteiger partial charge on any atom is 0.410 e. The van der Waals surface area contributed by atoms with Crippen molar-refractivity contribution in [2.45, 2.75) is 39.9 Å². The molecule has 1 aliphatic rings. The number of nitrogens with zero attached hydrogens (tertiary/aromatic N) is 3. The first-order valence-corrected chi connectivity index (χ1v) is 11.7. The molecule has 0 radical (unpaired) electrons. The maximum atomic E-state index is 13.5. The van der Waals surface area contributed by atoms with Crippen molar-refractivity contribution in [3.63, 3.8) is 0 Å². The summed E-state index contributed by atoms with van der Waals surface area (Å²) in [5.74, 6) is 0.153. The lowest BCUT2D eigenvalue weighted by Crippen LogP contribution is -2.42. The number of hydrogen-bond donors (Lipinski definition) is 1. The molecule has 2 aromatic heterocycles. The fraction of sp³-hybridized carbons (Fsp3) is 0.333. The molecule has 1 N–H and O–H groups in total. The van der Waals surface area contributed by atoms with Crippen LogP contribution in [0.3, 0.4) is 0 Å². The molecule has 0 spiro atoms. The summed E-state index contributed by atoms with van der Waals surface area (Å²) in [5, 5.41) is 4.83. The van der Waals surface area contributed by atoms with Gasteiger partial charge in [0.1, 0.15) is 12.4 Å². The zero-order valence-corrected chi connectivity index (χ0v) is 19.5. The Morgan fingerprint density at radius 3 is 2.70 bits per heavy atom. The van der Waals surface area contributed by atoms with E-state index >= 15 is 0 Å². The predicted molar refractivity (Wildman–Crippen MR) is 126 cm³/mol. The lowest BCUT2D eigenvalue weighted by Gasteiger charge is -2.28. The van der Waals surface area contributed by atoms with Gasteiger partial charge in [-0.1, -0.05) is 35.9 Å². The Kier molecular flexibility index (Phi) is 6.88. The van der Waals surface area contributed by atoms with Gasteiger partial charge in [0, 0.05) is 22.5 Å². The molecule has 8 nitrogen and oxygen atoms in total. The summed E-state index contributed by atoms with van der Waals surface area (Å²) in [7, 11) is 0. The Labute approximate surface area is 195 Å². The monoisotopic (exact) mass is 466 g/mol. The number of hydrogen-bond acceptors (Lipinski definition) is 6. The number of nitrogens with one attached hydrogen (secondary N) is 1. The Bertz CT molecular complexity index is 1200. The standard InChI is InChI=1S/C24H26N4O4S/c1-3-32-24(31)27-11-10-19-20(14-27)26-22(17-8-6-16(2)7-9-17)28(23(19)30)15-21(29)25-13-18-5-4-12-33-18/h4-9,12H,3,10-11,13-15H2,1-2H3,(H,25,29).